The number of nitrogens with zero attached hydrogens (tertiary/aromatic N) is 1. The Morgan fingerprint density at radius 2 is 1.65 bits per heavy atom. The van der Waals surface area contributed by atoms with Crippen molar-refractivity contribution in [2.24, 2.45) is 0 Å². The highest BCUT2D eigenvalue weighted by atomic mass is 79.9. The Labute approximate surface area is 210 Å². The Kier molecular flexibility index (Phi) is 5.52. The van der Waals surface area contributed by atoms with Gasteiger partial charge in [0, 0.05) is 25.6 Å². The summed E-state index contributed by atoms with van der Waals surface area (Å²) in [6, 6.07) is 17.1. The van der Waals surface area contributed by atoms with E-state index < -0.39 is 12.0 Å². The number of para-hydroxylation sites is 1. The monoisotopic (exact) mass is 592 g/mol. The van der Waals surface area contributed by atoms with Gasteiger partial charge >= 0.3 is 6.36 Å². The van der Waals surface area contributed by atoms with Crippen molar-refractivity contribution in [3.05, 3.63) is 75.3 Å². The van der Waals surface area contributed by atoms with Crippen molar-refractivity contribution in [1.29, 1.82) is 0 Å². The predicted octanol–water partition coefficient (Wildman–Crippen LogP) is 8.46. The molecule has 0 saturated heterocycles. The van der Waals surface area contributed by atoms with E-state index in [2.05, 4.69) is 41.6 Å². The minimum atomic E-state index is -4.79. The molecule has 1 aliphatic heterocycles. The van der Waals surface area contributed by atoms with Crippen LogP contribution in [-0.2, 0) is 5.60 Å². The van der Waals surface area contributed by atoms with Crippen LogP contribution in [0.15, 0.2) is 69.6 Å². The first-order valence-electron chi connectivity index (χ1n) is 10.3. The molecule has 4 aromatic rings. The molecule has 0 radical (unpaired) electrons. The molecule has 5 rings (SSSR count). The summed E-state index contributed by atoms with van der Waals surface area (Å²) in [7, 11) is 0. The Hall–Kier alpha value is -2.78. The van der Waals surface area contributed by atoms with Crippen LogP contribution in [0.2, 0.25) is 0 Å². The largest absolute Gasteiger partial charge is 0.573 e. The summed E-state index contributed by atoms with van der Waals surface area (Å²) in [5.41, 5.74) is 3.28. The van der Waals surface area contributed by atoms with Gasteiger partial charge in [-0.1, -0.05) is 30.3 Å². The van der Waals surface area contributed by atoms with Crippen molar-refractivity contribution in [1.82, 2.24) is 9.97 Å². The van der Waals surface area contributed by atoms with E-state index in [1.165, 1.54) is 12.1 Å². The Morgan fingerprint density at radius 3 is 2.35 bits per heavy atom. The van der Waals surface area contributed by atoms with Crippen LogP contribution >= 0.6 is 31.9 Å². The number of benzene rings is 3. The normalized spacial score (nSPS) is 14.2. The van der Waals surface area contributed by atoms with Gasteiger partial charge in [0.25, 0.3) is 0 Å². The molecule has 0 atom stereocenters. The van der Waals surface area contributed by atoms with Gasteiger partial charge in [0.1, 0.15) is 22.9 Å². The zero-order valence-corrected chi connectivity index (χ0v) is 21.1. The minimum Gasteiger partial charge on any atom is -0.481 e. The second kappa shape index (κ2) is 8.16. The lowest BCUT2D eigenvalue weighted by molar-refractivity contribution is -0.274. The average Bonchev–Trinajstić information content (AvgIpc) is 3.19. The summed E-state index contributed by atoms with van der Waals surface area (Å²) >= 11 is 7.17. The number of H-pyrrole nitrogens is 1. The molecule has 2 heterocycles. The topological polar surface area (TPSA) is 47.1 Å². The fourth-order valence-corrected chi connectivity index (χ4v) is 5.43. The highest BCUT2D eigenvalue weighted by molar-refractivity contribution is 9.11. The fraction of sp³-hybridized carbons (Fsp3) is 0.160. The molecular weight excluding hydrogens is 577 g/mol. The summed E-state index contributed by atoms with van der Waals surface area (Å²) in [4.78, 5) is 8.28. The predicted molar refractivity (Wildman–Crippen MR) is 131 cm³/mol. The molecule has 0 fully saturated rings. The first-order valence-corrected chi connectivity index (χ1v) is 11.9. The minimum absolute atomic E-state index is 0.272. The van der Waals surface area contributed by atoms with Crippen LogP contribution in [0.3, 0.4) is 0 Å². The lowest BCUT2D eigenvalue weighted by atomic mass is 9.93. The Bertz CT molecular complexity index is 1390. The maximum absolute atomic E-state index is 12.9. The number of alkyl halides is 3. The lowest BCUT2D eigenvalue weighted by Crippen LogP contribution is -2.29. The molecule has 0 amide bonds. The SMILES string of the molecule is CC1(C)Oc2cc(-c3ccccc3OC(F)(F)F)ccc2-c2nc(-c3c(Br)cccc3Br)[nH]c21. The average molecular weight is 594 g/mol. The first-order chi connectivity index (χ1) is 16.0. The highest BCUT2D eigenvalue weighted by Crippen LogP contribution is 2.48. The maximum Gasteiger partial charge on any atom is 0.573 e. The summed E-state index contributed by atoms with van der Waals surface area (Å²) in [5.74, 6) is 0.925. The van der Waals surface area contributed by atoms with Gasteiger partial charge in [-0.05, 0) is 81.6 Å². The van der Waals surface area contributed by atoms with Crippen LogP contribution in [0.4, 0.5) is 13.2 Å². The quantitative estimate of drug-likeness (QED) is 0.259. The maximum atomic E-state index is 12.9. The van der Waals surface area contributed by atoms with E-state index in [1.807, 2.05) is 38.1 Å². The fourth-order valence-electron chi connectivity index (χ4n) is 4.06. The first kappa shape index (κ1) is 23.0. The summed E-state index contributed by atoms with van der Waals surface area (Å²) in [6.45, 7) is 3.83. The molecule has 4 nitrogen and oxygen atoms in total. The molecule has 0 aliphatic carbocycles. The van der Waals surface area contributed by atoms with Crippen LogP contribution in [0.5, 0.6) is 11.5 Å². The molecule has 0 unspecified atom stereocenters. The molecule has 34 heavy (non-hydrogen) atoms. The lowest BCUT2D eigenvalue weighted by Gasteiger charge is -2.32. The van der Waals surface area contributed by atoms with Crippen LogP contribution in [0, 0.1) is 0 Å². The number of aromatic nitrogens is 2. The van der Waals surface area contributed by atoms with Crippen molar-refractivity contribution in [2.45, 2.75) is 25.8 Å². The number of halogens is 5. The van der Waals surface area contributed by atoms with Crippen molar-refractivity contribution in [3.8, 4) is 45.3 Å². The zero-order chi connectivity index (χ0) is 24.3. The van der Waals surface area contributed by atoms with Crippen molar-refractivity contribution < 1.29 is 22.6 Å². The number of hydrogen-bond acceptors (Lipinski definition) is 3. The van der Waals surface area contributed by atoms with Crippen LogP contribution in [-0.4, -0.2) is 16.3 Å². The molecule has 174 valence electrons. The molecule has 1 aliphatic rings. The van der Waals surface area contributed by atoms with Crippen molar-refractivity contribution in [2.75, 3.05) is 0 Å². The third kappa shape index (κ3) is 4.11. The molecule has 0 saturated carbocycles. The standard InChI is InChI=1S/C25H17Br2F3N2O2/c1-24(2)22-21(31-23(32-22)20-16(26)7-5-8-17(20)27)15-11-10-13(12-19(15)33-24)14-6-3-4-9-18(14)34-25(28,29)30/h3-12H,1-2H3,(H,31,32). The number of imidazole rings is 1. The van der Waals surface area contributed by atoms with E-state index in [-0.39, 0.29) is 5.75 Å². The highest BCUT2D eigenvalue weighted by Gasteiger charge is 2.37. The van der Waals surface area contributed by atoms with Crippen molar-refractivity contribution in [3.63, 3.8) is 0 Å². The van der Waals surface area contributed by atoms with Crippen LogP contribution in [0.1, 0.15) is 19.5 Å². The van der Waals surface area contributed by atoms with E-state index in [0.29, 0.717) is 22.7 Å². The van der Waals surface area contributed by atoms with E-state index >= 15 is 0 Å². The molecule has 3 aromatic carbocycles. The second-order valence-electron chi connectivity index (χ2n) is 8.27. The number of hydrogen-bond donors (Lipinski definition) is 1. The van der Waals surface area contributed by atoms with Gasteiger partial charge in [-0.15, -0.1) is 13.2 Å². The van der Waals surface area contributed by atoms with Gasteiger partial charge in [0.15, 0.2) is 0 Å². The Balaban J connectivity index is 1.63. The van der Waals surface area contributed by atoms with E-state index in [0.717, 1.165) is 31.5 Å². The third-order valence-corrected chi connectivity index (χ3v) is 6.85. The molecule has 0 spiro atoms. The van der Waals surface area contributed by atoms with Crippen LogP contribution < -0.4 is 9.47 Å². The molecular formula is C25H17Br2F3N2O2. The molecule has 0 bridgehead atoms. The smallest absolute Gasteiger partial charge is 0.481 e. The van der Waals surface area contributed by atoms with E-state index in [4.69, 9.17) is 9.72 Å². The van der Waals surface area contributed by atoms with Gasteiger partial charge in [-0.25, -0.2) is 4.98 Å². The third-order valence-electron chi connectivity index (χ3n) is 5.53. The van der Waals surface area contributed by atoms with Gasteiger partial charge in [0.2, 0.25) is 0 Å². The van der Waals surface area contributed by atoms with Gasteiger partial charge in [-0.2, -0.15) is 0 Å². The number of fused-ring (bicyclic) bond motifs is 3. The number of aromatic amines is 1. The summed E-state index contributed by atoms with van der Waals surface area (Å²) < 4.78 is 51.0. The number of rotatable bonds is 3. The number of nitrogens with one attached hydrogen (secondary N) is 1. The van der Waals surface area contributed by atoms with Gasteiger partial charge in [-0.3, -0.25) is 0 Å². The van der Waals surface area contributed by atoms with Gasteiger partial charge in [0.05, 0.1) is 11.4 Å². The van der Waals surface area contributed by atoms with Crippen molar-refractivity contribution >= 4 is 31.9 Å². The van der Waals surface area contributed by atoms with Crippen LogP contribution in [0.25, 0.3) is 33.8 Å². The zero-order valence-electron chi connectivity index (χ0n) is 17.9. The van der Waals surface area contributed by atoms with Gasteiger partial charge < -0.3 is 14.5 Å². The second-order valence-corrected chi connectivity index (χ2v) is 9.98. The molecule has 1 N–H and O–H groups in total. The summed E-state index contributed by atoms with van der Waals surface area (Å²) in [5, 5.41) is 0. The van der Waals surface area contributed by atoms with E-state index in [9.17, 15) is 13.2 Å². The molecule has 9 heteroatoms. The number of ether oxygens (including phenoxy) is 2. The molecule has 1 aromatic heterocycles. The van der Waals surface area contributed by atoms with E-state index in [1.54, 1.807) is 24.3 Å². The Morgan fingerprint density at radius 1 is 0.941 bits per heavy atom. The summed E-state index contributed by atoms with van der Waals surface area (Å²) in [6.07, 6.45) is -4.79.